The van der Waals surface area contributed by atoms with Crippen LogP contribution < -0.4 is 5.32 Å². The summed E-state index contributed by atoms with van der Waals surface area (Å²) in [5, 5.41) is 14.1. The van der Waals surface area contributed by atoms with Crippen molar-refractivity contribution in [2.45, 2.75) is 13.1 Å². The number of imidazole rings is 1. The van der Waals surface area contributed by atoms with Gasteiger partial charge in [0.1, 0.15) is 5.65 Å². The zero-order valence-corrected chi connectivity index (χ0v) is 11.3. The zero-order valence-electron chi connectivity index (χ0n) is 11.3. The Morgan fingerprint density at radius 3 is 2.76 bits per heavy atom. The van der Waals surface area contributed by atoms with Gasteiger partial charge in [-0.25, -0.2) is 4.98 Å². The molecule has 0 aliphatic heterocycles. The first kappa shape index (κ1) is 13.3. The van der Waals surface area contributed by atoms with E-state index in [-0.39, 0.29) is 10.6 Å². The van der Waals surface area contributed by atoms with Gasteiger partial charge in [-0.3, -0.25) is 10.1 Å². The lowest BCUT2D eigenvalue weighted by Gasteiger charge is -2.03. The highest BCUT2D eigenvalue weighted by molar-refractivity contribution is 5.40. The zero-order chi connectivity index (χ0) is 14.7. The molecule has 6 nitrogen and oxygen atoms in total. The monoisotopic (exact) mass is 282 g/mol. The minimum absolute atomic E-state index is 0.139. The standard InChI is InChI=1S/C15H14N4O2/c20-19(21)14-6-2-1-5-12(14)9-16-10-13-11-18-8-4-3-7-15(18)17-13/h1-8,11,16H,9-10H2. The molecule has 21 heavy (non-hydrogen) atoms. The predicted molar refractivity (Wildman–Crippen MR) is 78.8 cm³/mol. The van der Waals surface area contributed by atoms with Crippen molar-refractivity contribution in [3.63, 3.8) is 0 Å². The molecular weight excluding hydrogens is 268 g/mol. The van der Waals surface area contributed by atoms with Gasteiger partial charge >= 0.3 is 0 Å². The normalized spacial score (nSPS) is 10.9. The van der Waals surface area contributed by atoms with E-state index in [1.54, 1.807) is 18.2 Å². The average molecular weight is 282 g/mol. The summed E-state index contributed by atoms with van der Waals surface area (Å²) in [4.78, 5) is 15.0. The minimum atomic E-state index is -0.359. The molecule has 106 valence electrons. The van der Waals surface area contributed by atoms with Crippen molar-refractivity contribution in [1.82, 2.24) is 14.7 Å². The van der Waals surface area contributed by atoms with Gasteiger partial charge in [-0.05, 0) is 12.1 Å². The summed E-state index contributed by atoms with van der Waals surface area (Å²) < 4.78 is 1.95. The van der Waals surface area contributed by atoms with Crippen LogP contribution in [-0.4, -0.2) is 14.3 Å². The molecular formula is C15H14N4O2. The predicted octanol–water partition coefficient (Wildman–Crippen LogP) is 2.53. The summed E-state index contributed by atoms with van der Waals surface area (Å²) in [5.74, 6) is 0. The molecule has 1 aromatic carbocycles. The second-order valence-electron chi connectivity index (χ2n) is 4.69. The molecule has 0 spiro atoms. The Bertz CT molecular complexity index is 749. The Balaban J connectivity index is 1.67. The molecule has 6 heteroatoms. The maximum absolute atomic E-state index is 10.9. The van der Waals surface area contributed by atoms with E-state index in [0.717, 1.165) is 11.3 Å². The number of hydrogen-bond donors (Lipinski definition) is 1. The molecule has 0 aliphatic rings. The number of nitro benzene ring substituents is 1. The van der Waals surface area contributed by atoms with Crippen LogP contribution in [0.4, 0.5) is 5.69 Å². The second kappa shape index (κ2) is 5.72. The molecule has 0 bridgehead atoms. The summed E-state index contributed by atoms with van der Waals surface area (Å²) >= 11 is 0. The Hall–Kier alpha value is -2.73. The van der Waals surface area contributed by atoms with E-state index in [4.69, 9.17) is 0 Å². The van der Waals surface area contributed by atoms with E-state index < -0.39 is 0 Å². The van der Waals surface area contributed by atoms with E-state index in [1.165, 1.54) is 6.07 Å². The number of hydrogen-bond acceptors (Lipinski definition) is 4. The van der Waals surface area contributed by atoms with Crippen LogP contribution in [0.25, 0.3) is 5.65 Å². The number of fused-ring (bicyclic) bond motifs is 1. The number of nitro groups is 1. The number of para-hydroxylation sites is 1. The smallest absolute Gasteiger partial charge is 0.273 e. The van der Waals surface area contributed by atoms with E-state index in [0.29, 0.717) is 18.7 Å². The Kier molecular flexibility index (Phi) is 3.61. The van der Waals surface area contributed by atoms with Crippen LogP contribution in [0.2, 0.25) is 0 Å². The highest BCUT2D eigenvalue weighted by Crippen LogP contribution is 2.17. The Morgan fingerprint density at radius 2 is 1.95 bits per heavy atom. The lowest BCUT2D eigenvalue weighted by molar-refractivity contribution is -0.385. The van der Waals surface area contributed by atoms with E-state index in [9.17, 15) is 10.1 Å². The third-order valence-corrected chi connectivity index (χ3v) is 3.22. The molecule has 0 fully saturated rings. The fourth-order valence-electron chi connectivity index (χ4n) is 2.24. The van der Waals surface area contributed by atoms with Gasteiger partial charge in [-0.1, -0.05) is 24.3 Å². The average Bonchev–Trinajstić information content (AvgIpc) is 2.90. The SMILES string of the molecule is O=[N+]([O-])c1ccccc1CNCc1cn2ccccc2n1. The van der Waals surface area contributed by atoms with E-state index >= 15 is 0 Å². The van der Waals surface area contributed by atoms with Gasteiger partial charge in [0.2, 0.25) is 0 Å². The fourth-order valence-corrected chi connectivity index (χ4v) is 2.24. The van der Waals surface area contributed by atoms with Crippen LogP contribution in [0.15, 0.2) is 54.9 Å². The van der Waals surface area contributed by atoms with Crippen molar-refractivity contribution in [3.05, 3.63) is 76.2 Å². The number of nitrogens with one attached hydrogen (secondary N) is 1. The van der Waals surface area contributed by atoms with Crippen LogP contribution in [0, 0.1) is 10.1 Å². The molecule has 0 atom stereocenters. The van der Waals surface area contributed by atoms with Crippen molar-refractivity contribution in [1.29, 1.82) is 0 Å². The van der Waals surface area contributed by atoms with E-state index in [1.807, 2.05) is 35.0 Å². The van der Waals surface area contributed by atoms with Gasteiger partial charge < -0.3 is 9.72 Å². The van der Waals surface area contributed by atoms with Gasteiger partial charge in [0.15, 0.2) is 0 Å². The van der Waals surface area contributed by atoms with Crippen molar-refractivity contribution in [3.8, 4) is 0 Å². The lowest BCUT2D eigenvalue weighted by atomic mass is 10.2. The van der Waals surface area contributed by atoms with Crippen molar-refractivity contribution < 1.29 is 4.92 Å². The summed E-state index contributed by atoms with van der Waals surface area (Å²) in [5.41, 5.74) is 2.60. The van der Waals surface area contributed by atoms with Crippen LogP contribution in [-0.2, 0) is 13.1 Å². The molecule has 1 N–H and O–H groups in total. The minimum Gasteiger partial charge on any atom is -0.307 e. The number of pyridine rings is 1. The maximum Gasteiger partial charge on any atom is 0.273 e. The van der Waals surface area contributed by atoms with Crippen molar-refractivity contribution in [2.75, 3.05) is 0 Å². The molecule has 3 aromatic rings. The van der Waals surface area contributed by atoms with Crippen LogP contribution in [0.5, 0.6) is 0 Å². The first-order chi connectivity index (χ1) is 10.2. The highest BCUT2D eigenvalue weighted by atomic mass is 16.6. The number of benzene rings is 1. The first-order valence-electron chi connectivity index (χ1n) is 6.59. The first-order valence-corrected chi connectivity index (χ1v) is 6.59. The number of nitrogens with zero attached hydrogens (tertiary/aromatic N) is 3. The molecule has 0 amide bonds. The summed E-state index contributed by atoms with van der Waals surface area (Å²) in [6.45, 7) is 0.999. The van der Waals surface area contributed by atoms with Gasteiger partial charge in [-0.2, -0.15) is 0 Å². The number of rotatable bonds is 5. The molecule has 2 heterocycles. The Morgan fingerprint density at radius 1 is 1.14 bits per heavy atom. The lowest BCUT2D eigenvalue weighted by Crippen LogP contribution is -2.14. The summed E-state index contributed by atoms with van der Waals surface area (Å²) in [6, 6.07) is 12.6. The molecule has 2 aromatic heterocycles. The van der Waals surface area contributed by atoms with Crippen LogP contribution in [0.1, 0.15) is 11.3 Å². The third kappa shape index (κ3) is 2.90. The molecule has 3 rings (SSSR count). The van der Waals surface area contributed by atoms with Gasteiger partial charge in [0.05, 0.1) is 10.6 Å². The van der Waals surface area contributed by atoms with E-state index in [2.05, 4.69) is 10.3 Å². The summed E-state index contributed by atoms with van der Waals surface area (Å²) in [7, 11) is 0. The van der Waals surface area contributed by atoms with Gasteiger partial charge in [-0.15, -0.1) is 0 Å². The van der Waals surface area contributed by atoms with Gasteiger partial charge in [0.25, 0.3) is 5.69 Å². The molecule has 0 aliphatic carbocycles. The Labute approximate surface area is 121 Å². The second-order valence-corrected chi connectivity index (χ2v) is 4.69. The molecule has 0 unspecified atom stereocenters. The highest BCUT2D eigenvalue weighted by Gasteiger charge is 2.11. The van der Waals surface area contributed by atoms with Crippen molar-refractivity contribution in [2.24, 2.45) is 0 Å². The maximum atomic E-state index is 10.9. The molecule has 0 saturated heterocycles. The van der Waals surface area contributed by atoms with Crippen LogP contribution in [0.3, 0.4) is 0 Å². The fraction of sp³-hybridized carbons (Fsp3) is 0.133. The van der Waals surface area contributed by atoms with Crippen molar-refractivity contribution >= 4 is 11.3 Å². The molecule has 0 radical (unpaired) electrons. The quantitative estimate of drug-likeness (QED) is 0.576. The third-order valence-electron chi connectivity index (χ3n) is 3.22. The largest absolute Gasteiger partial charge is 0.307 e. The van der Waals surface area contributed by atoms with Crippen LogP contribution >= 0.6 is 0 Å². The molecule has 0 saturated carbocycles. The topological polar surface area (TPSA) is 72.5 Å². The summed E-state index contributed by atoms with van der Waals surface area (Å²) in [6.07, 6.45) is 3.88. The number of aromatic nitrogens is 2. The van der Waals surface area contributed by atoms with Gasteiger partial charge in [0, 0.05) is 37.1 Å².